The average Bonchev–Trinajstić information content (AvgIpc) is 2.58. The number of rotatable bonds is 3. The summed E-state index contributed by atoms with van der Waals surface area (Å²) in [6, 6.07) is 5.84. The van der Waals surface area contributed by atoms with Gasteiger partial charge >= 0.3 is 0 Å². The lowest BCUT2D eigenvalue weighted by Crippen LogP contribution is -2.07. The van der Waals surface area contributed by atoms with Gasteiger partial charge in [0.2, 0.25) is 0 Å². The first-order valence-electron chi connectivity index (χ1n) is 3.90. The summed E-state index contributed by atoms with van der Waals surface area (Å²) in [5.74, 6) is -0.274. The van der Waals surface area contributed by atoms with Crippen LogP contribution in [-0.4, -0.2) is 5.11 Å². The molecule has 0 aromatic carbocycles. The van der Waals surface area contributed by atoms with E-state index in [1.54, 1.807) is 0 Å². The zero-order chi connectivity index (χ0) is 8.97. The minimum absolute atomic E-state index is 0.274. The van der Waals surface area contributed by atoms with Gasteiger partial charge in [0, 0.05) is 4.88 Å². The molecule has 1 aromatic heterocycles. The maximum Gasteiger partial charge on any atom is 0.104 e. The molecule has 0 fully saturated rings. The van der Waals surface area contributed by atoms with Gasteiger partial charge in [-0.3, -0.25) is 0 Å². The number of hydrogen-bond donors (Lipinski definition) is 1. The third-order valence-electron chi connectivity index (χ3n) is 1.82. The van der Waals surface area contributed by atoms with Crippen molar-refractivity contribution in [3.05, 3.63) is 22.4 Å². The van der Waals surface area contributed by atoms with Gasteiger partial charge in [0.05, 0.1) is 12.0 Å². The minimum Gasteiger partial charge on any atom is -0.386 e. The van der Waals surface area contributed by atoms with Crippen molar-refractivity contribution >= 4 is 11.3 Å². The molecular weight excluding hydrogens is 170 g/mol. The monoisotopic (exact) mass is 181 g/mol. The fourth-order valence-corrected chi connectivity index (χ4v) is 1.82. The molecule has 1 rings (SSSR count). The molecule has 3 heteroatoms. The predicted molar refractivity (Wildman–Crippen MR) is 48.7 cm³/mol. The molecule has 0 aliphatic heterocycles. The van der Waals surface area contributed by atoms with Crippen LogP contribution in [0.5, 0.6) is 0 Å². The Morgan fingerprint density at radius 3 is 2.92 bits per heavy atom. The summed E-state index contributed by atoms with van der Waals surface area (Å²) in [6.45, 7) is 1.91. The van der Waals surface area contributed by atoms with Crippen molar-refractivity contribution in [1.29, 1.82) is 5.26 Å². The van der Waals surface area contributed by atoms with Crippen molar-refractivity contribution in [3.63, 3.8) is 0 Å². The molecule has 0 aliphatic rings. The van der Waals surface area contributed by atoms with Crippen LogP contribution in [0.25, 0.3) is 0 Å². The van der Waals surface area contributed by atoms with Crippen molar-refractivity contribution in [2.24, 2.45) is 5.92 Å². The van der Waals surface area contributed by atoms with Gasteiger partial charge in [-0.05, 0) is 17.9 Å². The van der Waals surface area contributed by atoms with Gasteiger partial charge in [0.15, 0.2) is 0 Å². The summed E-state index contributed by atoms with van der Waals surface area (Å²) in [7, 11) is 0. The van der Waals surface area contributed by atoms with E-state index >= 15 is 0 Å². The van der Waals surface area contributed by atoms with E-state index in [1.165, 1.54) is 11.3 Å². The summed E-state index contributed by atoms with van der Waals surface area (Å²) < 4.78 is 0. The van der Waals surface area contributed by atoms with E-state index in [1.807, 2.05) is 24.4 Å². The summed E-state index contributed by atoms with van der Waals surface area (Å²) in [5.41, 5.74) is 0. The van der Waals surface area contributed by atoms with Crippen LogP contribution in [-0.2, 0) is 0 Å². The van der Waals surface area contributed by atoms with Gasteiger partial charge in [-0.25, -0.2) is 0 Å². The highest BCUT2D eigenvalue weighted by Gasteiger charge is 2.18. The molecule has 12 heavy (non-hydrogen) atoms. The zero-order valence-corrected chi connectivity index (χ0v) is 7.71. The van der Waals surface area contributed by atoms with Crippen molar-refractivity contribution in [3.8, 4) is 6.07 Å². The molecule has 0 aliphatic carbocycles. The standard InChI is InChI=1S/C9H11NOS/c1-2-7(6-10)9(11)8-4-3-5-12-8/h3-5,7,9,11H,2H2,1H3/t7-,9+/m0/s1. The molecule has 1 heterocycles. The van der Waals surface area contributed by atoms with E-state index in [4.69, 9.17) is 5.26 Å². The molecular formula is C9H11NOS. The molecule has 0 saturated heterocycles. The van der Waals surface area contributed by atoms with Gasteiger partial charge in [-0.15, -0.1) is 11.3 Å². The minimum atomic E-state index is -0.611. The SMILES string of the molecule is CC[C@@H](C#N)[C@@H](O)c1cccs1. The van der Waals surface area contributed by atoms with Crippen LogP contribution in [0, 0.1) is 17.2 Å². The second-order valence-corrected chi connectivity index (χ2v) is 3.58. The maximum atomic E-state index is 9.66. The molecule has 64 valence electrons. The number of hydrogen-bond acceptors (Lipinski definition) is 3. The Hall–Kier alpha value is -0.850. The first-order valence-corrected chi connectivity index (χ1v) is 4.78. The van der Waals surface area contributed by atoms with E-state index in [0.717, 1.165) is 4.88 Å². The molecule has 2 nitrogen and oxygen atoms in total. The third kappa shape index (κ3) is 1.84. The molecule has 1 aromatic rings. The van der Waals surface area contributed by atoms with Crippen molar-refractivity contribution in [2.45, 2.75) is 19.4 Å². The van der Waals surface area contributed by atoms with Gasteiger partial charge in [0.25, 0.3) is 0 Å². The Morgan fingerprint density at radius 2 is 2.50 bits per heavy atom. The van der Waals surface area contributed by atoms with Crippen LogP contribution in [0.4, 0.5) is 0 Å². The quantitative estimate of drug-likeness (QED) is 0.777. The Labute approximate surface area is 76.1 Å². The molecule has 0 bridgehead atoms. The second-order valence-electron chi connectivity index (χ2n) is 2.60. The number of nitriles is 1. The average molecular weight is 181 g/mol. The fourth-order valence-electron chi connectivity index (χ4n) is 1.04. The van der Waals surface area contributed by atoms with Gasteiger partial charge < -0.3 is 5.11 Å². The third-order valence-corrected chi connectivity index (χ3v) is 2.76. The molecule has 0 amide bonds. The summed E-state index contributed by atoms with van der Waals surface area (Å²) >= 11 is 1.49. The van der Waals surface area contributed by atoms with Crippen LogP contribution in [0.2, 0.25) is 0 Å². The highest BCUT2D eigenvalue weighted by Crippen LogP contribution is 2.27. The van der Waals surface area contributed by atoms with Crippen LogP contribution < -0.4 is 0 Å². The highest BCUT2D eigenvalue weighted by molar-refractivity contribution is 7.10. The topological polar surface area (TPSA) is 44.0 Å². The summed E-state index contributed by atoms with van der Waals surface area (Å²) in [5, 5.41) is 20.3. The van der Waals surface area contributed by atoms with E-state index in [9.17, 15) is 5.11 Å². The van der Waals surface area contributed by atoms with E-state index in [2.05, 4.69) is 6.07 Å². The van der Waals surface area contributed by atoms with Crippen LogP contribution in [0.3, 0.4) is 0 Å². The lowest BCUT2D eigenvalue weighted by Gasteiger charge is -2.12. The molecule has 2 atom stereocenters. The first kappa shape index (κ1) is 9.24. The Bertz CT molecular complexity index is 263. The summed E-state index contributed by atoms with van der Waals surface area (Å²) in [4.78, 5) is 0.878. The smallest absolute Gasteiger partial charge is 0.104 e. The number of thiophene rings is 1. The summed E-state index contributed by atoms with van der Waals surface area (Å²) in [6.07, 6.45) is 0.0789. The van der Waals surface area contributed by atoms with Gasteiger partial charge in [0.1, 0.15) is 6.10 Å². The Balaban J connectivity index is 2.71. The van der Waals surface area contributed by atoms with Crippen LogP contribution in [0.15, 0.2) is 17.5 Å². The Morgan fingerprint density at radius 1 is 1.75 bits per heavy atom. The Kier molecular flexibility index (Phi) is 3.27. The van der Waals surface area contributed by atoms with E-state index in [-0.39, 0.29) is 5.92 Å². The normalized spacial score (nSPS) is 15.1. The van der Waals surface area contributed by atoms with E-state index in [0.29, 0.717) is 6.42 Å². The van der Waals surface area contributed by atoms with Crippen LogP contribution >= 0.6 is 11.3 Å². The molecule has 0 saturated carbocycles. The van der Waals surface area contributed by atoms with E-state index < -0.39 is 6.10 Å². The van der Waals surface area contributed by atoms with Gasteiger partial charge in [-0.1, -0.05) is 13.0 Å². The number of aliphatic hydroxyl groups excluding tert-OH is 1. The molecule has 0 radical (unpaired) electrons. The largest absolute Gasteiger partial charge is 0.386 e. The molecule has 0 unspecified atom stereocenters. The lowest BCUT2D eigenvalue weighted by atomic mass is 10.0. The molecule has 0 spiro atoms. The zero-order valence-electron chi connectivity index (χ0n) is 6.90. The predicted octanol–water partition coefficient (Wildman–Crippen LogP) is 2.33. The number of aliphatic hydroxyl groups is 1. The lowest BCUT2D eigenvalue weighted by molar-refractivity contribution is 0.136. The maximum absolute atomic E-state index is 9.66. The van der Waals surface area contributed by atoms with Crippen molar-refractivity contribution in [1.82, 2.24) is 0 Å². The second kappa shape index (κ2) is 4.24. The number of nitrogens with zero attached hydrogens (tertiary/aromatic N) is 1. The van der Waals surface area contributed by atoms with Gasteiger partial charge in [-0.2, -0.15) is 5.26 Å². The van der Waals surface area contributed by atoms with Crippen LogP contribution in [0.1, 0.15) is 24.3 Å². The highest BCUT2D eigenvalue weighted by atomic mass is 32.1. The van der Waals surface area contributed by atoms with Crippen molar-refractivity contribution < 1.29 is 5.11 Å². The van der Waals surface area contributed by atoms with Crippen molar-refractivity contribution in [2.75, 3.05) is 0 Å². The molecule has 1 N–H and O–H groups in total. The first-order chi connectivity index (χ1) is 5.79. The fraction of sp³-hybridized carbons (Fsp3) is 0.444.